The fourth-order valence-corrected chi connectivity index (χ4v) is 4.35. The summed E-state index contributed by atoms with van der Waals surface area (Å²) in [5.74, 6) is 1.18. The molecule has 0 radical (unpaired) electrons. The zero-order valence-electron chi connectivity index (χ0n) is 18.6. The highest BCUT2D eigenvalue weighted by Gasteiger charge is 2.34. The maximum Gasteiger partial charge on any atom is 0.336 e. The van der Waals surface area contributed by atoms with Gasteiger partial charge < -0.3 is 19.5 Å². The van der Waals surface area contributed by atoms with Crippen LogP contribution in [0.3, 0.4) is 0 Å². The number of rotatable bonds is 6. The number of nitrogens with one attached hydrogen (secondary N) is 1. The van der Waals surface area contributed by atoms with E-state index in [0.717, 1.165) is 28.3 Å². The molecule has 1 atom stereocenters. The molecule has 6 nitrogen and oxygen atoms in total. The number of benzene rings is 2. The Kier molecular flexibility index (Phi) is 6.30. The summed E-state index contributed by atoms with van der Waals surface area (Å²) < 4.78 is 16.2. The number of allylic oxidation sites excluding steroid dienone is 3. The van der Waals surface area contributed by atoms with E-state index >= 15 is 0 Å². The third-order valence-electron chi connectivity index (χ3n) is 6.06. The quantitative estimate of drug-likeness (QED) is 0.680. The van der Waals surface area contributed by atoms with Crippen LogP contribution >= 0.6 is 0 Å². The van der Waals surface area contributed by atoms with Gasteiger partial charge in [0.05, 0.1) is 19.8 Å². The number of para-hydroxylation sites is 1. The van der Waals surface area contributed by atoms with Crippen LogP contribution in [0.25, 0.3) is 0 Å². The van der Waals surface area contributed by atoms with E-state index in [4.69, 9.17) is 14.2 Å². The van der Waals surface area contributed by atoms with E-state index in [1.807, 2.05) is 55.5 Å². The molecule has 6 heteroatoms. The molecular formula is C26H27NO5. The van der Waals surface area contributed by atoms with Gasteiger partial charge in [-0.3, -0.25) is 4.79 Å². The summed E-state index contributed by atoms with van der Waals surface area (Å²) in [6.07, 6.45) is 1.39. The van der Waals surface area contributed by atoms with Gasteiger partial charge in [0.25, 0.3) is 0 Å². The van der Waals surface area contributed by atoms with Crippen LogP contribution in [0.4, 0.5) is 0 Å². The highest BCUT2D eigenvalue weighted by molar-refractivity contribution is 6.01. The Morgan fingerprint density at radius 3 is 2.66 bits per heavy atom. The molecule has 1 aliphatic heterocycles. The van der Waals surface area contributed by atoms with Crippen LogP contribution in [0.15, 0.2) is 71.1 Å². The molecule has 166 valence electrons. The van der Waals surface area contributed by atoms with Gasteiger partial charge in [-0.15, -0.1) is 0 Å². The van der Waals surface area contributed by atoms with Crippen LogP contribution in [0, 0.1) is 0 Å². The molecule has 0 aromatic heterocycles. The Bertz CT molecular complexity index is 1110. The van der Waals surface area contributed by atoms with Crippen LogP contribution in [-0.2, 0) is 20.9 Å². The van der Waals surface area contributed by atoms with Gasteiger partial charge in [-0.05, 0) is 42.7 Å². The molecule has 1 heterocycles. The van der Waals surface area contributed by atoms with E-state index in [1.54, 1.807) is 14.2 Å². The van der Waals surface area contributed by atoms with Crippen molar-refractivity contribution in [2.75, 3.05) is 14.2 Å². The molecule has 2 aliphatic rings. The molecule has 1 unspecified atom stereocenters. The molecule has 0 amide bonds. The highest BCUT2D eigenvalue weighted by Crippen LogP contribution is 2.41. The van der Waals surface area contributed by atoms with E-state index in [1.165, 1.54) is 0 Å². The molecule has 2 aromatic rings. The predicted molar refractivity (Wildman–Crippen MR) is 120 cm³/mol. The average Bonchev–Trinajstić information content (AvgIpc) is 2.82. The van der Waals surface area contributed by atoms with Crippen LogP contribution in [0.5, 0.6) is 11.5 Å². The van der Waals surface area contributed by atoms with Crippen molar-refractivity contribution in [3.8, 4) is 11.5 Å². The van der Waals surface area contributed by atoms with E-state index in [9.17, 15) is 9.59 Å². The summed E-state index contributed by atoms with van der Waals surface area (Å²) >= 11 is 0. The van der Waals surface area contributed by atoms with E-state index in [-0.39, 0.29) is 18.3 Å². The number of dihydropyridines is 1. The fraction of sp³-hybridized carbons (Fsp3) is 0.308. The van der Waals surface area contributed by atoms with Gasteiger partial charge >= 0.3 is 5.97 Å². The molecule has 1 aliphatic carbocycles. The second-order valence-electron chi connectivity index (χ2n) is 8.06. The van der Waals surface area contributed by atoms with Crippen molar-refractivity contribution in [1.82, 2.24) is 5.32 Å². The van der Waals surface area contributed by atoms with Gasteiger partial charge in [0.1, 0.15) is 18.1 Å². The number of carbonyl (C=O) groups excluding carboxylic acids is 2. The predicted octanol–water partition coefficient (Wildman–Crippen LogP) is 4.42. The topological polar surface area (TPSA) is 73.9 Å². The molecule has 2 aromatic carbocycles. The first-order valence-electron chi connectivity index (χ1n) is 10.6. The fourth-order valence-electron chi connectivity index (χ4n) is 4.35. The van der Waals surface area contributed by atoms with Crippen molar-refractivity contribution >= 4 is 11.8 Å². The molecule has 0 spiro atoms. The molecule has 32 heavy (non-hydrogen) atoms. The van der Waals surface area contributed by atoms with Gasteiger partial charge in [-0.1, -0.05) is 30.3 Å². The third kappa shape index (κ3) is 4.40. The maximum atomic E-state index is 13.0. The van der Waals surface area contributed by atoms with Gasteiger partial charge in [0, 0.05) is 35.7 Å². The molecule has 0 bridgehead atoms. The molecule has 0 saturated carbocycles. The number of hydrogen-bond donors (Lipinski definition) is 1. The lowest BCUT2D eigenvalue weighted by atomic mass is 9.78. The first kappa shape index (κ1) is 21.7. The second-order valence-corrected chi connectivity index (χ2v) is 8.06. The summed E-state index contributed by atoms with van der Waals surface area (Å²) in [4.78, 5) is 25.8. The van der Waals surface area contributed by atoms with Gasteiger partial charge in [0.2, 0.25) is 0 Å². The Morgan fingerprint density at radius 1 is 1.06 bits per heavy atom. The monoisotopic (exact) mass is 433 g/mol. The van der Waals surface area contributed by atoms with Gasteiger partial charge in [0.15, 0.2) is 5.78 Å². The minimum Gasteiger partial charge on any atom is -0.497 e. The van der Waals surface area contributed by atoms with Crippen LogP contribution in [0.1, 0.15) is 43.2 Å². The number of esters is 1. The van der Waals surface area contributed by atoms with Crippen molar-refractivity contribution in [3.63, 3.8) is 0 Å². The summed E-state index contributed by atoms with van der Waals surface area (Å²) in [6, 6.07) is 15.2. The van der Waals surface area contributed by atoms with Crippen molar-refractivity contribution in [3.05, 3.63) is 82.2 Å². The SMILES string of the molecule is COc1cccc(COC(=O)C2=C(C)NC3=C(C2)C(=O)CC(c2ccccc2OC)C3)c1. The number of hydrogen-bond acceptors (Lipinski definition) is 6. The molecule has 4 rings (SSSR count). The van der Waals surface area contributed by atoms with Crippen molar-refractivity contribution < 1.29 is 23.8 Å². The largest absolute Gasteiger partial charge is 0.497 e. The average molecular weight is 434 g/mol. The minimum absolute atomic E-state index is 0.0410. The van der Waals surface area contributed by atoms with E-state index in [0.29, 0.717) is 36.2 Å². The molecule has 0 fully saturated rings. The van der Waals surface area contributed by atoms with Crippen LogP contribution in [-0.4, -0.2) is 26.0 Å². The number of carbonyl (C=O) groups is 2. The van der Waals surface area contributed by atoms with E-state index < -0.39 is 5.97 Å². The first-order valence-corrected chi connectivity index (χ1v) is 10.6. The number of ether oxygens (including phenoxy) is 3. The van der Waals surface area contributed by atoms with Crippen LogP contribution < -0.4 is 14.8 Å². The number of methoxy groups -OCH3 is 2. The van der Waals surface area contributed by atoms with Crippen molar-refractivity contribution in [2.45, 2.75) is 38.7 Å². The summed E-state index contributed by atoms with van der Waals surface area (Å²) in [6.45, 7) is 1.99. The van der Waals surface area contributed by atoms with Gasteiger partial charge in [-0.25, -0.2) is 4.79 Å². The zero-order chi connectivity index (χ0) is 22.7. The molecule has 0 saturated heterocycles. The standard InChI is InChI=1S/C26H27NO5/c1-16-21(26(29)32-15-17-7-6-8-19(11-17)30-2)14-22-23(27-16)12-18(13-24(22)28)20-9-4-5-10-25(20)31-3/h4-11,18,27H,12-15H2,1-3H3. The van der Waals surface area contributed by atoms with E-state index in [2.05, 4.69) is 5.32 Å². The third-order valence-corrected chi connectivity index (χ3v) is 6.06. The lowest BCUT2D eigenvalue weighted by Crippen LogP contribution is -2.31. The Balaban J connectivity index is 1.46. The Morgan fingerprint density at radius 2 is 1.88 bits per heavy atom. The lowest BCUT2D eigenvalue weighted by molar-refractivity contribution is -0.140. The van der Waals surface area contributed by atoms with Crippen molar-refractivity contribution in [1.29, 1.82) is 0 Å². The van der Waals surface area contributed by atoms with Crippen LogP contribution in [0.2, 0.25) is 0 Å². The van der Waals surface area contributed by atoms with Gasteiger partial charge in [-0.2, -0.15) is 0 Å². The Labute approximate surface area is 187 Å². The summed E-state index contributed by atoms with van der Waals surface area (Å²) in [7, 11) is 3.24. The minimum atomic E-state index is -0.413. The second kappa shape index (κ2) is 9.30. The smallest absolute Gasteiger partial charge is 0.336 e. The molecule has 1 N–H and O–H groups in total. The number of ketones is 1. The normalized spacial score (nSPS) is 18.1. The summed E-state index contributed by atoms with van der Waals surface area (Å²) in [5.41, 5.74) is 4.66. The number of Topliss-reactive ketones (excluding diaryl/α,β-unsaturated/α-hetero) is 1. The molecular weight excluding hydrogens is 406 g/mol. The Hall–Kier alpha value is -3.54. The zero-order valence-corrected chi connectivity index (χ0v) is 18.6. The summed E-state index contributed by atoms with van der Waals surface area (Å²) in [5, 5.41) is 3.31. The first-order chi connectivity index (χ1) is 15.5. The maximum absolute atomic E-state index is 13.0. The lowest BCUT2D eigenvalue weighted by Gasteiger charge is -2.32. The van der Waals surface area contributed by atoms with Crippen molar-refractivity contribution in [2.24, 2.45) is 0 Å². The highest BCUT2D eigenvalue weighted by atomic mass is 16.5.